The van der Waals surface area contributed by atoms with E-state index in [2.05, 4.69) is 48.6 Å². The van der Waals surface area contributed by atoms with Gasteiger partial charge in [0.15, 0.2) is 4.34 Å². The number of thiazole rings is 1. The number of thioether (sulfide) groups is 1. The molecule has 0 amide bonds. The molecule has 5 heteroatoms. The van der Waals surface area contributed by atoms with Gasteiger partial charge in [0.1, 0.15) is 0 Å². The van der Waals surface area contributed by atoms with Crippen LogP contribution in [0.5, 0.6) is 0 Å². The van der Waals surface area contributed by atoms with Crippen molar-refractivity contribution in [1.82, 2.24) is 4.98 Å². The Hall–Kier alpha value is -0.780. The van der Waals surface area contributed by atoms with Gasteiger partial charge in [-0.25, -0.2) is 4.98 Å². The monoisotopic (exact) mass is 308 g/mol. The smallest absolute Gasteiger partial charge is 0.150 e. The molecular formula is C15H20N2OS2. The maximum Gasteiger partial charge on any atom is 0.150 e. The highest BCUT2D eigenvalue weighted by molar-refractivity contribution is 8.00. The van der Waals surface area contributed by atoms with Crippen LogP contribution in [0.15, 0.2) is 22.5 Å². The van der Waals surface area contributed by atoms with Gasteiger partial charge in [-0.05, 0) is 51.1 Å². The molecule has 108 valence electrons. The molecule has 2 aromatic rings. The Kier molecular flexibility index (Phi) is 4.19. The molecule has 0 radical (unpaired) electrons. The summed E-state index contributed by atoms with van der Waals surface area (Å²) in [7, 11) is 0. The summed E-state index contributed by atoms with van der Waals surface area (Å²) in [6.07, 6.45) is 4.89. The van der Waals surface area contributed by atoms with Crippen molar-refractivity contribution in [3.05, 3.63) is 18.2 Å². The minimum absolute atomic E-state index is 0.339. The minimum Gasteiger partial charge on any atom is -0.382 e. The van der Waals surface area contributed by atoms with E-state index in [9.17, 15) is 0 Å². The molecule has 1 aromatic heterocycles. The Labute approximate surface area is 128 Å². The van der Waals surface area contributed by atoms with Crippen LogP contribution in [0.25, 0.3) is 10.2 Å². The van der Waals surface area contributed by atoms with Crippen LogP contribution in [-0.2, 0) is 4.74 Å². The number of benzene rings is 1. The van der Waals surface area contributed by atoms with Crippen LogP contribution in [0.3, 0.4) is 0 Å². The highest BCUT2D eigenvalue weighted by atomic mass is 32.2. The number of aromatic nitrogens is 1. The van der Waals surface area contributed by atoms with E-state index in [-0.39, 0.29) is 0 Å². The Balaban J connectivity index is 1.76. The Bertz CT molecular complexity index is 589. The van der Waals surface area contributed by atoms with E-state index in [1.54, 1.807) is 23.1 Å². The summed E-state index contributed by atoms with van der Waals surface area (Å²) in [6, 6.07) is 6.97. The number of fused-ring (bicyclic) bond motifs is 1. The number of ether oxygens (including phenoxy) is 1. The van der Waals surface area contributed by atoms with Gasteiger partial charge in [0.05, 0.1) is 22.4 Å². The first-order valence-corrected chi connectivity index (χ1v) is 9.04. The molecular weight excluding hydrogens is 288 g/mol. The third kappa shape index (κ3) is 3.10. The van der Waals surface area contributed by atoms with Crippen LogP contribution in [0.1, 0.15) is 26.7 Å². The van der Waals surface area contributed by atoms with E-state index in [1.807, 2.05) is 0 Å². The molecule has 1 N–H and O–H groups in total. The van der Waals surface area contributed by atoms with Gasteiger partial charge in [0.25, 0.3) is 0 Å². The van der Waals surface area contributed by atoms with Crippen molar-refractivity contribution < 1.29 is 4.74 Å². The van der Waals surface area contributed by atoms with Crippen LogP contribution in [0.4, 0.5) is 5.69 Å². The SMILES string of the molecule is CSc1nc2ccc(NC3CC(C)OC(C)C3)cc2s1. The first kappa shape index (κ1) is 14.2. The highest BCUT2D eigenvalue weighted by Gasteiger charge is 2.24. The molecule has 1 aromatic carbocycles. The van der Waals surface area contributed by atoms with Crippen LogP contribution in [0, 0.1) is 0 Å². The maximum atomic E-state index is 5.79. The second-order valence-electron chi connectivity index (χ2n) is 5.44. The molecule has 0 aliphatic carbocycles. The lowest BCUT2D eigenvalue weighted by molar-refractivity contribution is -0.0337. The highest BCUT2D eigenvalue weighted by Crippen LogP contribution is 2.31. The standard InChI is InChI=1S/C15H20N2OS2/c1-9-6-12(7-10(2)18-9)16-11-4-5-13-14(8-11)20-15(17-13)19-3/h4-5,8-10,12,16H,6-7H2,1-3H3. The largest absolute Gasteiger partial charge is 0.382 e. The number of hydrogen-bond donors (Lipinski definition) is 1. The Morgan fingerprint density at radius 2 is 2.05 bits per heavy atom. The van der Waals surface area contributed by atoms with Gasteiger partial charge in [-0.2, -0.15) is 0 Å². The first-order valence-electron chi connectivity index (χ1n) is 7.00. The van der Waals surface area contributed by atoms with Crippen molar-refractivity contribution in [3.8, 4) is 0 Å². The molecule has 1 aliphatic heterocycles. The fourth-order valence-electron chi connectivity index (χ4n) is 2.84. The normalized spacial score (nSPS) is 26.9. The lowest BCUT2D eigenvalue weighted by Gasteiger charge is -2.33. The van der Waals surface area contributed by atoms with E-state index < -0.39 is 0 Å². The zero-order chi connectivity index (χ0) is 14.1. The average molecular weight is 308 g/mol. The van der Waals surface area contributed by atoms with Crippen molar-refractivity contribution in [1.29, 1.82) is 0 Å². The summed E-state index contributed by atoms with van der Waals surface area (Å²) in [5.41, 5.74) is 2.29. The van der Waals surface area contributed by atoms with Gasteiger partial charge in [0.2, 0.25) is 0 Å². The summed E-state index contributed by atoms with van der Waals surface area (Å²) in [5.74, 6) is 0. The zero-order valence-corrected chi connectivity index (χ0v) is 13.7. The Morgan fingerprint density at radius 3 is 2.75 bits per heavy atom. The predicted molar refractivity (Wildman–Crippen MR) is 88.1 cm³/mol. The molecule has 1 fully saturated rings. The van der Waals surface area contributed by atoms with Crippen LogP contribution in [-0.4, -0.2) is 29.5 Å². The van der Waals surface area contributed by atoms with E-state index in [1.165, 1.54) is 10.4 Å². The molecule has 3 nitrogen and oxygen atoms in total. The van der Waals surface area contributed by atoms with E-state index in [4.69, 9.17) is 4.74 Å². The summed E-state index contributed by atoms with van der Waals surface area (Å²) < 4.78 is 8.18. The molecule has 1 saturated heterocycles. The second-order valence-corrected chi connectivity index (χ2v) is 7.52. The fourth-order valence-corrected chi connectivity index (χ4v) is 4.37. The molecule has 2 unspecified atom stereocenters. The molecule has 3 rings (SSSR count). The van der Waals surface area contributed by atoms with Gasteiger partial charge >= 0.3 is 0 Å². The summed E-state index contributed by atoms with van der Waals surface area (Å²) >= 11 is 3.47. The third-order valence-electron chi connectivity index (χ3n) is 3.61. The molecule has 2 heterocycles. The number of nitrogens with zero attached hydrogens (tertiary/aromatic N) is 1. The fraction of sp³-hybridized carbons (Fsp3) is 0.533. The van der Waals surface area contributed by atoms with Gasteiger partial charge in [-0.1, -0.05) is 11.8 Å². The predicted octanol–water partition coefficient (Wildman–Crippen LogP) is 4.39. The van der Waals surface area contributed by atoms with E-state index in [0.29, 0.717) is 18.2 Å². The second kappa shape index (κ2) is 5.92. The van der Waals surface area contributed by atoms with Crippen molar-refractivity contribution in [3.63, 3.8) is 0 Å². The lowest BCUT2D eigenvalue weighted by Crippen LogP contribution is -2.36. The number of hydrogen-bond acceptors (Lipinski definition) is 5. The quantitative estimate of drug-likeness (QED) is 0.853. The van der Waals surface area contributed by atoms with Gasteiger partial charge < -0.3 is 10.1 Å². The Morgan fingerprint density at radius 1 is 1.30 bits per heavy atom. The van der Waals surface area contributed by atoms with Gasteiger partial charge in [-0.3, -0.25) is 0 Å². The molecule has 20 heavy (non-hydrogen) atoms. The maximum absolute atomic E-state index is 5.79. The molecule has 1 aliphatic rings. The number of nitrogens with one attached hydrogen (secondary N) is 1. The van der Waals surface area contributed by atoms with E-state index in [0.717, 1.165) is 22.7 Å². The van der Waals surface area contributed by atoms with Crippen molar-refractivity contribution >= 4 is 39.0 Å². The average Bonchev–Trinajstić information content (AvgIpc) is 2.79. The number of anilines is 1. The van der Waals surface area contributed by atoms with Crippen molar-refractivity contribution in [2.24, 2.45) is 0 Å². The van der Waals surface area contributed by atoms with Crippen LogP contribution in [0.2, 0.25) is 0 Å². The summed E-state index contributed by atoms with van der Waals surface area (Å²) in [6.45, 7) is 4.31. The molecule has 0 saturated carbocycles. The summed E-state index contributed by atoms with van der Waals surface area (Å²) in [4.78, 5) is 4.58. The molecule has 0 bridgehead atoms. The minimum atomic E-state index is 0.339. The van der Waals surface area contributed by atoms with Gasteiger partial charge in [0, 0.05) is 11.7 Å². The van der Waals surface area contributed by atoms with Crippen molar-refractivity contribution in [2.45, 2.75) is 49.3 Å². The first-order chi connectivity index (χ1) is 9.64. The van der Waals surface area contributed by atoms with Crippen molar-refractivity contribution in [2.75, 3.05) is 11.6 Å². The van der Waals surface area contributed by atoms with Crippen LogP contribution >= 0.6 is 23.1 Å². The topological polar surface area (TPSA) is 34.2 Å². The lowest BCUT2D eigenvalue weighted by atomic mass is 9.99. The van der Waals surface area contributed by atoms with Crippen LogP contribution < -0.4 is 5.32 Å². The van der Waals surface area contributed by atoms with Gasteiger partial charge in [-0.15, -0.1) is 11.3 Å². The third-order valence-corrected chi connectivity index (χ3v) is 5.62. The van der Waals surface area contributed by atoms with E-state index >= 15 is 0 Å². The summed E-state index contributed by atoms with van der Waals surface area (Å²) in [5, 5.41) is 3.65. The number of rotatable bonds is 3. The zero-order valence-electron chi connectivity index (χ0n) is 12.1. The molecule has 2 atom stereocenters. The molecule has 0 spiro atoms.